The summed E-state index contributed by atoms with van der Waals surface area (Å²) in [4.78, 5) is 48.2. The molecule has 2 saturated heterocycles. The highest BCUT2D eigenvalue weighted by atomic mass is 16.2. The van der Waals surface area contributed by atoms with Crippen molar-refractivity contribution in [1.82, 2.24) is 29.7 Å². The number of amides is 2. The van der Waals surface area contributed by atoms with Crippen LogP contribution in [0.2, 0.25) is 0 Å². The van der Waals surface area contributed by atoms with E-state index >= 15 is 0 Å². The Bertz CT molecular complexity index is 2180. The molecular formula is C44H52N6O2. The van der Waals surface area contributed by atoms with E-state index in [2.05, 4.69) is 85.0 Å². The van der Waals surface area contributed by atoms with Crippen LogP contribution in [0.5, 0.6) is 0 Å². The number of likely N-dealkylation sites (tertiary alicyclic amines) is 2. The molecule has 2 N–H and O–H groups in total. The molecule has 52 heavy (non-hydrogen) atoms. The highest BCUT2D eigenvalue weighted by Gasteiger charge is 2.47. The first-order valence-corrected chi connectivity index (χ1v) is 20.0. The number of imidazole rings is 2. The monoisotopic (exact) mass is 696 g/mol. The Hall–Kier alpha value is -4.46. The molecule has 4 atom stereocenters. The third-order valence-corrected chi connectivity index (χ3v) is 12.5. The summed E-state index contributed by atoms with van der Waals surface area (Å²) in [6.45, 7) is 9.30. The Morgan fingerprint density at radius 3 is 2.42 bits per heavy atom. The van der Waals surface area contributed by atoms with E-state index in [1.165, 1.54) is 46.0 Å². The summed E-state index contributed by atoms with van der Waals surface area (Å²) in [6, 6.07) is 16.2. The van der Waals surface area contributed by atoms with Gasteiger partial charge in [0.05, 0.1) is 35.0 Å². The van der Waals surface area contributed by atoms with Gasteiger partial charge in [-0.05, 0) is 109 Å². The Kier molecular flexibility index (Phi) is 8.47. The van der Waals surface area contributed by atoms with E-state index in [1.54, 1.807) is 0 Å². The van der Waals surface area contributed by atoms with E-state index in [0.29, 0.717) is 36.6 Å². The summed E-state index contributed by atoms with van der Waals surface area (Å²) >= 11 is 0. The van der Waals surface area contributed by atoms with Crippen LogP contribution in [0.15, 0.2) is 48.7 Å². The van der Waals surface area contributed by atoms with Crippen molar-refractivity contribution in [2.24, 2.45) is 17.8 Å². The van der Waals surface area contributed by atoms with E-state index in [-0.39, 0.29) is 23.9 Å². The van der Waals surface area contributed by atoms with Gasteiger partial charge in [-0.3, -0.25) is 9.59 Å². The smallest absolute Gasteiger partial charge is 0.223 e. The number of aromatic nitrogens is 4. The highest BCUT2D eigenvalue weighted by Crippen LogP contribution is 2.48. The fourth-order valence-corrected chi connectivity index (χ4v) is 10.2. The van der Waals surface area contributed by atoms with Crippen molar-refractivity contribution in [2.75, 3.05) is 6.54 Å². The number of aromatic amines is 2. The quantitative estimate of drug-likeness (QED) is 0.169. The lowest BCUT2D eigenvalue weighted by Crippen LogP contribution is -2.38. The number of hydrogen-bond acceptors (Lipinski definition) is 4. The molecule has 9 rings (SSSR count). The average molecular weight is 697 g/mol. The van der Waals surface area contributed by atoms with Gasteiger partial charge < -0.3 is 19.8 Å². The maximum absolute atomic E-state index is 13.5. The average Bonchev–Trinajstić information content (AvgIpc) is 3.96. The number of nitrogens with one attached hydrogen (secondary N) is 2. The maximum Gasteiger partial charge on any atom is 0.223 e. The summed E-state index contributed by atoms with van der Waals surface area (Å²) in [5.74, 6) is 3.66. The van der Waals surface area contributed by atoms with Crippen molar-refractivity contribution in [3.63, 3.8) is 0 Å². The Morgan fingerprint density at radius 1 is 0.808 bits per heavy atom. The fraction of sp³-hybridized carbons (Fsp3) is 0.500. The SMILES string of the molecule is CC(C)CC(=O)N1CCC[C@H]1c1nc2c(ccc3cc(-c4ccc(-c5cnc([C@@H]6C[C@@H]7CCC[C@@H]7N6C(=O)CC(C)C)[nH]5)c5c4CCC5)ccc32)[nH]1. The second-order valence-electron chi connectivity index (χ2n) is 16.9. The van der Waals surface area contributed by atoms with Crippen LogP contribution in [-0.4, -0.2) is 54.1 Å². The highest BCUT2D eigenvalue weighted by molar-refractivity contribution is 6.05. The van der Waals surface area contributed by atoms with Crippen molar-refractivity contribution in [3.05, 3.63) is 71.4 Å². The second-order valence-corrected chi connectivity index (χ2v) is 16.9. The van der Waals surface area contributed by atoms with Crippen LogP contribution in [0, 0.1) is 17.8 Å². The molecule has 2 amide bonds. The molecule has 0 radical (unpaired) electrons. The number of rotatable bonds is 8. The maximum atomic E-state index is 13.5. The van der Waals surface area contributed by atoms with E-state index < -0.39 is 0 Å². The minimum Gasteiger partial charge on any atom is -0.340 e. The predicted octanol–water partition coefficient (Wildman–Crippen LogP) is 9.46. The molecule has 270 valence electrons. The van der Waals surface area contributed by atoms with Crippen molar-refractivity contribution in [3.8, 4) is 22.4 Å². The van der Waals surface area contributed by atoms with E-state index in [9.17, 15) is 9.59 Å². The summed E-state index contributed by atoms with van der Waals surface area (Å²) < 4.78 is 0. The minimum atomic E-state index is 0.0177. The predicted molar refractivity (Wildman–Crippen MR) is 207 cm³/mol. The first-order valence-electron chi connectivity index (χ1n) is 20.0. The van der Waals surface area contributed by atoms with Gasteiger partial charge in [0.1, 0.15) is 11.6 Å². The summed E-state index contributed by atoms with van der Waals surface area (Å²) in [5.41, 5.74) is 9.71. The van der Waals surface area contributed by atoms with Crippen molar-refractivity contribution in [2.45, 2.75) is 116 Å². The van der Waals surface area contributed by atoms with Crippen LogP contribution in [0.1, 0.15) is 120 Å². The molecule has 4 aliphatic rings. The Labute approximate surface area is 306 Å². The molecule has 0 unspecified atom stereocenters. The van der Waals surface area contributed by atoms with Crippen molar-refractivity contribution >= 4 is 33.6 Å². The molecule has 2 aliphatic heterocycles. The van der Waals surface area contributed by atoms with Gasteiger partial charge >= 0.3 is 0 Å². The first-order chi connectivity index (χ1) is 25.2. The van der Waals surface area contributed by atoms with Crippen LogP contribution in [-0.2, 0) is 22.4 Å². The number of carbonyl (C=O) groups excluding carboxylic acids is 2. The van der Waals surface area contributed by atoms with E-state index in [0.717, 1.165) is 85.3 Å². The zero-order valence-electron chi connectivity index (χ0n) is 31.2. The second kappa shape index (κ2) is 13.2. The van der Waals surface area contributed by atoms with Crippen LogP contribution < -0.4 is 0 Å². The van der Waals surface area contributed by atoms with Gasteiger partial charge in [-0.15, -0.1) is 0 Å². The van der Waals surface area contributed by atoms with Crippen LogP contribution in [0.4, 0.5) is 0 Å². The Balaban J connectivity index is 1.00. The molecule has 8 nitrogen and oxygen atoms in total. The number of H-pyrrole nitrogens is 2. The summed E-state index contributed by atoms with van der Waals surface area (Å²) in [7, 11) is 0. The van der Waals surface area contributed by atoms with Gasteiger partial charge in [0.25, 0.3) is 0 Å². The fourth-order valence-electron chi connectivity index (χ4n) is 10.2. The lowest BCUT2D eigenvalue weighted by molar-refractivity contribution is -0.135. The van der Waals surface area contributed by atoms with Gasteiger partial charge in [-0.1, -0.05) is 64.4 Å². The van der Waals surface area contributed by atoms with Gasteiger partial charge in [0, 0.05) is 36.4 Å². The normalized spacial score (nSPS) is 22.8. The van der Waals surface area contributed by atoms with Gasteiger partial charge in [0.2, 0.25) is 11.8 Å². The molecule has 0 bridgehead atoms. The molecule has 0 spiro atoms. The number of nitrogens with zero attached hydrogens (tertiary/aromatic N) is 4. The number of fused-ring (bicyclic) bond motifs is 5. The third-order valence-electron chi connectivity index (χ3n) is 12.5. The van der Waals surface area contributed by atoms with E-state index in [4.69, 9.17) is 9.97 Å². The molecular weight excluding hydrogens is 645 g/mol. The minimum absolute atomic E-state index is 0.0177. The molecule has 2 aromatic heterocycles. The van der Waals surface area contributed by atoms with Crippen LogP contribution in [0.25, 0.3) is 44.2 Å². The van der Waals surface area contributed by atoms with Gasteiger partial charge in [-0.2, -0.15) is 0 Å². The molecule has 5 aromatic rings. The van der Waals surface area contributed by atoms with Gasteiger partial charge in [0.15, 0.2) is 0 Å². The molecule has 3 fully saturated rings. The van der Waals surface area contributed by atoms with Crippen molar-refractivity contribution < 1.29 is 9.59 Å². The first kappa shape index (κ1) is 33.4. The lowest BCUT2D eigenvalue weighted by atomic mass is 9.91. The Morgan fingerprint density at radius 2 is 1.60 bits per heavy atom. The number of benzene rings is 3. The van der Waals surface area contributed by atoms with E-state index in [1.807, 2.05) is 11.1 Å². The van der Waals surface area contributed by atoms with Crippen LogP contribution >= 0.6 is 0 Å². The lowest BCUT2D eigenvalue weighted by Gasteiger charge is -2.29. The number of hydrogen-bond donors (Lipinski definition) is 2. The molecule has 3 aromatic carbocycles. The zero-order valence-corrected chi connectivity index (χ0v) is 31.2. The van der Waals surface area contributed by atoms with Crippen molar-refractivity contribution in [1.29, 1.82) is 0 Å². The van der Waals surface area contributed by atoms with Gasteiger partial charge in [-0.25, -0.2) is 9.97 Å². The summed E-state index contributed by atoms with van der Waals surface area (Å²) in [6.07, 6.45) is 13.0. The molecule has 4 heterocycles. The largest absolute Gasteiger partial charge is 0.340 e. The summed E-state index contributed by atoms with van der Waals surface area (Å²) in [5, 5.41) is 2.31. The molecule has 2 aliphatic carbocycles. The third kappa shape index (κ3) is 5.73. The topological polar surface area (TPSA) is 98.0 Å². The number of carbonyl (C=O) groups is 2. The standard InChI is InChI=1S/C44H52N6O2/c1-25(2)20-40(51)49-19-7-12-38(49)44-46-35-18-14-28-22-27(13-15-31(28)42(35)48-44)30-16-17-34(33-10-6-9-32(30)33)36-24-45-43(47-36)39-23-29-8-5-11-37(29)50(39)41(52)21-26(3)4/h13-18,22,24-26,29,37-39H,5-12,19-21,23H2,1-4H3,(H,45,47)(H,46,48)/t29-,37-,38-,39-/m0/s1. The zero-order chi connectivity index (χ0) is 35.7. The molecule has 1 saturated carbocycles. The van der Waals surface area contributed by atoms with Crippen LogP contribution in [0.3, 0.4) is 0 Å². The molecule has 8 heteroatoms.